The van der Waals surface area contributed by atoms with E-state index in [9.17, 15) is 9.59 Å². The lowest BCUT2D eigenvalue weighted by atomic mass is 9.70. The van der Waals surface area contributed by atoms with Crippen LogP contribution in [0.4, 0.5) is 0 Å². The van der Waals surface area contributed by atoms with Crippen molar-refractivity contribution in [3.8, 4) is 0 Å². The molecule has 0 saturated carbocycles. The topological polar surface area (TPSA) is 54.4 Å². The lowest BCUT2D eigenvalue weighted by Crippen LogP contribution is -2.37. The van der Waals surface area contributed by atoms with Crippen LogP contribution in [0.3, 0.4) is 0 Å². The molecule has 0 spiro atoms. The van der Waals surface area contributed by atoms with E-state index in [2.05, 4.69) is 0 Å². The highest BCUT2D eigenvalue weighted by Gasteiger charge is 2.39. The maximum absolute atomic E-state index is 11.6. The van der Waals surface area contributed by atoms with Crippen molar-refractivity contribution in [2.75, 3.05) is 0 Å². The normalized spacial score (nSPS) is 35.4. The van der Waals surface area contributed by atoms with Gasteiger partial charge in [0.15, 0.2) is 0 Å². The molecule has 3 heteroatoms. The number of carboxylic acid groups (broad SMARTS) is 1. The number of carboxylic acids is 1. The molecule has 2 rings (SSSR count). The van der Waals surface area contributed by atoms with Crippen LogP contribution < -0.4 is 0 Å². The summed E-state index contributed by atoms with van der Waals surface area (Å²) in [7, 11) is 0. The number of aliphatic carboxylic acids is 1. The van der Waals surface area contributed by atoms with Crippen molar-refractivity contribution in [2.24, 2.45) is 17.8 Å². The van der Waals surface area contributed by atoms with Gasteiger partial charge in [-0.2, -0.15) is 0 Å². The largest absolute Gasteiger partial charge is 0.481 e. The van der Waals surface area contributed by atoms with E-state index in [-0.39, 0.29) is 17.6 Å². The fourth-order valence-corrected chi connectivity index (χ4v) is 2.28. The zero-order chi connectivity index (χ0) is 10.1. The number of carbonyl (C=O) groups excluding carboxylic acids is 1. The van der Waals surface area contributed by atoms with E-state index in [1.807, 2.05) is 18.2 Å². The summed E-state index contributed by atoms with van der Waals surface area (Å²) in [6, 6.07) is 0. The molecule has 0 aromatic carbocycles. The summed E-state index contributed by atoms with van der Waals surface area (Å²) in [6.45, 7) is 0. The summed E-state index contributed by atoms with van der Waals surface area (Å²) >= 11 is 0. The first-order chi connectivity index (χ1) is 6.70. The predicted octanol–water partition coefficient (Wildman–Crippen LogP) is 1.41. The second-order valence-electron chi connectivity index (χ2n) is 3.82. The smallest absolute Gasteiger partial charge is 0.311 e. The summed E-state index contributed by atoms with van der Waals surface area (Å²) in [5.74, 6) is -1.68. The van der Waals surface area contributed by atoms with Gasteiger partial charge in [0.2, 0.25) is 0 Å². The Morgan fingerprint density at radius 1 is 1.36 bits per heavy atom. The first-order valence-corrected chi connectivity index (χ1v) is 4.79. The van der Waals surface area contributed by atoms with E-state index < -0.39 is 11.9 Å². The first kappa shape index (κ1) is 9.19. The maximum atomic E-state index is 11.6. The van der Waals surface area contributed by atoms with Crippen LogP contribution in [0.5, 0.6) is 0 Å². The number of rotatable bonds is 1. The maximum Gasteiger partial charge on any atom is 0.311 e. The summed E-state index contributed by atoms with van der Waals surface area (Å²) in [6.07, 6.45) is 8.52. The number of ketones is 1. The van der Waals surface area contributed by atoms with Gasteiger partial charge in [-0.05, 0) is 12.3 Å². The zero-order valence-electron chi connectivity index (χ0n) is 7.72. The van der Waals surface area contributed by atoms with E-state index >= 15 is 0 Å². The van der Waals surface area contributed by atoms with Crippen LogP contribution >= 0.6 is 0 Å². The lowest BCUT2D eigenvalue weighted by molar-refractivity contribution is -0.145. The third-order valence-electron chi connectivity index (χ3n) is 2.96. The summed E-state index contributed by atoms with van der Waals surface area (Å²) in [4.78, 5) is 22.5. The molecule has 0 aromatic heterocycles. The monoisotopic (exact) mass is 192 g/mol. The summed E-state index contributed by atoms with van der Waals surface area (Å²) in [5.41, 5.74) is 0. The Balaban J connectivity index is 2.32. The van der Waals surface area contributed by atoms with Gasteiger partial charge in [-0.3, -0.25) is 9.59 Å². The van der Waals surface area contributed by atoms with Gasteiger partial charge in [-0.25, -0.2) is 0 Å². The predicted molar refractivity (Wildman–Crippen MR) is 50.6 cm³/mol. The van der Waals surface area contributed by atoms with E-state index in [0.29, 0.717) is 6.42 Å². The highest BCUT2D eigenvalue weighted by molar-refractivity contribution is 5.89. The molecule has 0 heterocycles. The molecule has 2 aliphatic rings. The molecular weight excluding hydrogens is 180 g/mol. The van der Waals surface area contributed by atoms with Crippen LogP contribution in [0.1, 0.15) is 12.8 Å². The standard InChI is InChI=1S/C11H12O3/c12-9-6-2-4-7-3-1-5-8(10(7)9)11(13)14/h1-2,4-5,7-8,10H,3,6H2,(H,13,14). The summed E-state index contributed by atoms with van der Waals surface area (Å²) < 4.78 is 0. The van der Waals surface area contributed by atoms with Gasteiger partial charge < -0.3 is 5.11 Å². The van der Waals surface area contributed by atoms with E-state index in [1.165, 1.54) is 0 Å². The fraction of sp³-hybridized carbons (Fsp3) is 0.455. The average Bonchev–Trinajstić information content (AvgIpc) is 2.17. The van der Waals surface area contributed by atoms with E-state index in [1.54, 1.807) is 6.08 Å². The highest BCUT2D eigenvalue weighted by atomic mass is 16.4. The Morgan fingerprint density at radius 3 is 2.86 bits per heavy atom. The van der Waals surface area contributed by atoms with Crippen molar-refractivity contribution < 1.29 is 14.7 Å². The Kier molecular flexibility index (Phi) is 2.23. The van der Waals surface area contributed by atoms with Crippen molar-refractivity contribution in [1.82, 2.24) is 0 Å². The molecule has 0 amide bonds. The average molecular weight is 192 g/mol. The van der Waals surface area contributed by atoms with Crippen molar-refractivity contribution >= 4 is 11.8 Å². The Bertz CT molecular complexity index is 327. The molecule has 0 bridgehead atoms. The number of Topliss-reactive ketones (excluding diaryl/α,β-unsaturated/α-hetero) is 1. The molecule has 0 aliphatic heterocycles. The third-order valence-corrected chi connectivity index (χ3v) is 2.96. The SMILES string of the molecule is O=C(O)C1C=CCC2C=CCC(=O)C21. The summed E-state index contributed by atoms with van der Waals surface area (Å²) in [5, 5.41) is 8.97. The van der Waals surface area contributed by atoms with Crippen LogP contribution in [-0.4, -0.2) is 16.9 Å². The van der Waals surface area contributed by atoms with Gasteiger partial charge in [0.25, 0.3) is 0 Å². The molecule has 3 nitrogen and oxygen atoms in total. The number of allylic oxidation sites excluding steroid dienone is 3. The van der Waals surface area contributed by atoms with Crippen LogP contribution in [0.15, 0.2) is 24.3 Å². The van der Waals surface area contributed by atoms with Crippen LogP contribution in [0.2, 0.25) is 0 Å². The van der Waals surface area contributed by atoms with Crippen molar-refractivity contribution in [2.45, 2.75) is 12.8 Å². The highest BCUT2D eigenvalue weighted by Crippen LogP contribution is 2.35. The van der Waals surface area contributed by atoms with Crippen LogP contribution in [0.25, 0.3) is 0 Å². The molecule has 74 valence electrons. The van der Waals surface area contributed by atoms with Gasteiger partial charge in [0, 0.05) is 12.3 Å². The number of fused-ring (bicyclic) bond motifs is 1. The quantitative estimate of drug-likeness (QED) is 0.639. The van der Waals surface area contributed by atoms with Gasteiger partial charge in [-0.1, -0.05) is 24.3 Å². The van der Waals surface area contributed by atoms with E-state index in [0.717, 1.165) is 6.42 Å². The van der Waals surface area contributed by atoms with Gasteiger partial charge >= 0.3 is 5.97 Å². The minimum absolute atomic E-state index is 0.0641. The zero-order valence-corrected chi connectivity index (χ0v) is 7.72. The van der Waals surface area contributed by atoms with Crippen LogP contribution in [-0.2, 0) is 9.59 Å². The number of carbonyl (C=O) groups is 2. The molecule has 2 aliphatic carbocycles. The molecule has 14 heavy (non-hydrogen) atoms. The molecule has 1 N–H and O–H groups in total. The van der Waals surface area contributed by atoms with Gasteiger partial charge in [-0.15, -0.1) is 0 Å². The van der Waals surface area contributed by atoms with Gasteiger partial charge in [0.05, 0.1) is 5.92 Å². The third kappa shape index (κ3) is 1.39. The Hall–Kier alpha value is -1.38. The van der Waals surface area contributed by atoms with Crippen molar-refractivity contribution in [1.29, 1.82) is 0 Å². The number of hydrogen-bond acceptors (Lipinski definition) is 2. The number of hydrogen-bond donors (Lipinski definition) is 1. The van der Waals surface area contributed by atoms with E-state index in [4.69, 9.17) is 5.11 Å². The fourth-order valence-electron chi connectivity index (χ4n) is 2.28. The van der Waals surface area contributed by atoms with Crippen LogP contribution in [0, 0.1) is 17.8 Å². The second-order valence-corrected chi connectivity index (χ2v) is 3.82. The Labute approximate surface area is 82.1 Å². The first-order valence-electron chi connectivity index (χ1n) is 4.79. The Morgan fingerprint density at radius 2 is 2.14 bits per heavy atom. The van der Waals surface area contributed by atoms with Crippen molar-refractivity contribution in [3.05, 3.63) is 24.3 Å². The van der Waals surface area contributed by atoms with Crippen molar-refractivity contribution in [3.63, 3.8) is 0 Å². The lowest BCUT2D eigenvalue weighted by Gasteiger charge is -2.31. The molecule has 0 aromatic rings. The molecule has 0 radical (unpaired) electrons. The molecule has 3 unspecified atom stereocenters. The minimum Gasteiger partial charge on any atom is -0.481 e. The van der Waals surface area contributed by atoms with Gasteiger partial charge in [0.1, 0.15) is 5.78 Å². The minimum atomic E-state index is -0.889. The molecule has 0 fully saturated rings. The molecular formula is C11H12O3. The molecule has 3 atom stereocenters. The second kappa shape index (κ2) is 3.40. The molecule has 0 saturated heterocycles.